The van der Waals surface area contributed by atoms with Crippen LogP contribution in [0.15, 0.2) is 64.0 Å². The van der Waals surface area contributed by atoms with Crippen LogP contribution < -0.4 is 5.43 Å². The normalized spacial score (nSPS) is 10.7. The van der Waals surface area contributed by atoms with Crippen LogP contribution in [0.2, 0.25) is 0 Å². The molecule has 1 N–H and O–H groups in total. The number of carboxylic acid groups (broad SMARTS) is 1. The van der Waals surface area contributed by atoms with Crippen molar-refractivity contribution in [2.24, 2.45) is 0 Å². The van der Waals surface area contributed by atoms with E-state index >= 15 is 0 Å². The molecule has 0 spiro atoms. The molecule has 0 bridgehead atoms. The second-order valence-electron chi connectivity index (χ2n) is 4.74. The van der Waals surface area contributed by atoms with E-state index in [0.29, 0.717) is 11.0 Å². The molecular formula is C17H12O4. The van der Waals surface area contributed by atoms with Crippen molar-refractivity contribution in [3.63, 3.8) is 0 Å². The predicted molar refractivity (Wildman–Crippen MR) is 79.3 cm³/mol. The molecule has 0 aliphatic carbocycles. The third-order valence-corrected chi connectivity index (χ3v) is 3.29. The molecule has 4 heteroatoms. The molecule has 4 nitrogen and oxygen atoms in total. The van der Waals surface area contributed by atoms with Crippen molar-refractivity contribution in [1.82, 2.24) is 0 Å². The first kappa shape index (κ1) is 13.1. The first-order chi connectivity index (χ1) is 10.1. The van der Waals surface area contributed by atoms with Crippen LogP contribution in [-0.4, -0.2) is 11.1 Å². The van der Waals surface area contributed by atoms with Crippen molar-refractivity contribution in [2.75, 3.05) is 0 Å². The Balaban J connectivity index is 2.18. The lowest BCUT2D eigenvalue weighted by Crippen LogP contribution is -2.13. The van der Waals surface area contributed by atoms with Crippen LogP contribution in [0.3, 0.4) is 0 Å². The molecule has 0 unspecified atom stereocenters. The van der Waals surface area contributed by atoms with Crippen molar-refractivity contribution in [2.45, 2.75) is 6.42 Å². The minimum atomic E-state index is -1.05. The molecule has 0 aliphatic heterocycles. The van der Waals surface area contributed by atoms with E-state index in [1.54, 1.807) is 12.1 Å². The molecule has 2 aromatic carbocycles. The van der Waals surface area contributed by atoms with Gasteiger partial charge in [-0.15, -0.1) is 0 Å². The average Bonchev–Trinajstić information content (AvgIpc) is 2.50. The Morgan fingerprint density at radius 1 is 1.05 bits per heavy atom. The summed E-state index contributed by atoms with van der Waals surface area (Å²) in [7, 11) is 0. The van der Waals surface area contributed by atoms with Crippen LogP contribution in [0.1, 0.15) is 5.56 Å². The zero-order valence-corrected chi connectivity index (χ0v) is 11.1. The van der Waals surface area contributed by atoms with Crippen molar-refractivity contribution in [3.8, 4) is 11.1 Å². The summed E-state index contributed by atoms with van der Waals surface area (Å²) >= 11 is 0. The molecule has 104 valence electrons. The minimum absolute atomic E-state index is 0.153. The van der Waals surface area contributed by atoms with Crippen molar-refractivity contribution in [3.05, 3.63) is 70.6 Å². The third-order valence-electron chi connectivity index (χ3n) is 3.29. The number of fused-ring (bicyclic) bond motifs is 1. The van der Waals surface area contributed by atoms with Gasteiger partial charge in [0.2, 0.25) is 0 Å². The summed E-state index contributed by atoms with van der Waals surface area (Å²) in [6.45, 7) is 0. The van der Waals surface area contributed by atoms with Gasteiger partial charge in [0.15, 0.2) is 5.43 Å². The summed E-state index contributed by atoms with van der Waals surface area (Å²) in [5.74, 6) is -1.05. The van der Waals surface area contributed by atoms with E-state index in [1.807, 2.05) is 36.4 Å². The fourth-order valence-electron chi connectivity index (χ4n) is 2.27. The Labute approximate surface area is 120 Å². The molecule has 3 rings (SSSR count). The molecular weight excluding hydrogens is 268 g/mol. The highest BCUT2D eigenvalue weighted by Crippen LogP contribution is 2.23. The Morgan fingerprint density at radius 2 is 1.81 bits per heavy atom. The van der Waals surface area contributed by atoms with Crippen LogP contribution in [-0.2, 0) is 11.2 Å². The topological polar surface area (TPSA) is 67.5 Å². The van der Waals surface area contributed by atoms with Gasteiger partial charge in [0.25, 0.3) is 0 Å². The molecule has 0 radical (unpaired) electrons. The van der Waals surface area contributed by atoms with E-state index in [4.69, 9.17) is 9.52 Å². The first-order valence-corrected chi connectivity index (χ1v) is 6.47. The molecule has 0 saturated heterocycles. The number of aliphatic carboxylic acids is 1. The number of benzene rings is 2. The molecule has 0 aliphatic rings. The van der Waals surface area contributed by atoms with Gasteiger partial charge in [-0.1, -0.05) is 36.4 Å². The molecule has 3 aromatic rings. The highest BCUT2D eigenvalue weighted by atomic mass is 16.4. The fourth-order valence-corrected chi connectivity index (χ4v) is 2.27. The maximum atomic E-state index is 12.3. The summed E-state index contributed by atoms with van der Waals surface area (Å²) < 4.78 is 5.35. The van der Waals surface area contributed by atoms with Crippen LogP contribution >= 0.6 is 0 Å². The van der Waals surface area contributed by atoms with Gasteiger partial charge in [-0.3, -0.25) is 9.59 Å². The number of carboxylic acids is 1. The zero-order valence-electron chi connectivity index (χ0n) is 11.1. The molecule has 0 atom stereocenters. The summed E-state index contributed by atoms with van der Waals surface area (Å²) in [4.78, 5) is 23.1. The van der Waals surface area contributed by atoms with Crippen molar-refractivity contribution < 1.29 is 14.3 Å². The molecule has 1 aromatic heterocycles. The van der Waals surface area contributed by atoms with E-state index in [0.717, 1.165) is 11.1 Å². The number of hydrogen-bond donors (Lipinski definition) is 1. The zero-order chi connectivity index (χ0) is 14.8. The first-order valence-electron chi connectivity index (χ1n) is 6.47. The van der Waals surface area contributed by atoms with Gasteiger partial charge in [0, 0.05) is 5.56 Å². The van der Waals surface area contributed by atoms with Crippen LogP contribution in [0.25, 0.3) is 22.1 Å². The maximum absolute atomic E-state index is 12.3. The van der Waals surface area contributed by atoms with Gasteiger partial charge >= 0.3 is 5.97 Å². The van der Waals surface area contributed by atoms with Gasteiger partial charge in [0.1, 0.15) is 5.58 Å². The molecule has 0 fully saturated rings. The van der Waals surface area contributed by atoms with E-state index < -0.39 is 5.97 Å². The predicted octanol–water partition coefficient (Wildman–Crippen LogP) is 3.09. The van der Waals surface area contributed by atoms with Gasteiger partial charge < -0.3 is 9.52 Å². The average molecular weight is 280 g/mol. The summed E-state index contributed by atoms with van der Waals surface area (Å²) in [6.07, 6.45) is 0.884. The molecule has 21 heavy (non-hydrogen) atoms. The van der Waals surface area contributed by atoms with Gasteiger partial charge in [-0.25, -0.2) is 0 Å². The minimum Gasteiger partial charge on any atom is -0.481 e. The lowest BCUT2D eigenvalue weighted by atomic mass is 10.0. The van der Waals surface area contributed by atoms with Crippen LogP contribution in [0.4, 0.5) is 0 Å². The Hall–Kier alpha value is -2.88. The van der Waals surface area contributed by atoms with E-state index in [9.17, 15) is 9.59 Å². The summed E-state index contributed by atoms with van der Waals surface area (Å²) in [5.41, 5.74) is 2.19. The van der Waals surface area contributed by atoms with Crippen molar-refractivity contribution >= 4 is 16.9 Å². The van der Waals surface area contributed by atoms with E-state index in [-0.39, 0.29) is 17.4 Å². The second-order valence-corrected chi connectivity index (χ2v) is 4.74. The number of hydrogen-bond acceptors (Lipinski definition) is 3. The number of carbonyl (C=O) groups is 1. The Morgan fingerprint density at radius 3 is 2.52 bits per heavy atom. The Kier molecular flexibility index (Phi) is 3.28. The highest BCUT2D eigenvalue weighted by Gasteiger charge is 2.11. The van der Waals surface area contributed by atoms with Crippen LogP contribution in [0.5, 0.6) is 0 Å². The summed E-state index contributed by atoms with van der Waals surface area (Å²) in [5, 5.41) is 9.21. The standard InChI is InChI=1S/C17H12O4/c18-16(19)9-13-10-21-15-7-6-12(8-14(15)17(13)20)11-4-2-1-3-5-11/h1-8,10H,9H2,(H,18,19). The van der Waals surface area contributed by atoms with Gasteiger partial charge in [0.05, 0.1) is 18.1 Å². The largest absolute Gasteiger partial charge is 0.481 e. The van der Waals surface area contributed by atoms with E-state index in [1.165, 1.54) is 6.26 Å². The van der Waals surface area contributed by atoms with Gasteiger partial charge in [-0.2, -0.15) is 0 Å². The summed E-state index contributed by atoms with van der Waals surface area (Å²) in [6, 6.07) is 15.0. The lowest BCUT2D eigenvalue weighted by molar-refractivity contribution is -0.136. The number of rotatable bonds is 3. The highest BCUT2D eigenvalue weighted by molar-refractivity contribution is 5.84. The van der Waals surface area contributed by atoms with Crippen molar-refractivity contribution in [1.29, 1.82) is 0 Å². The fraction of sp³-hybridized carbons (Fsp3) is 0.0588. The van der Waals surface area contributed by atoms with Crippen LogP contribution in [0, 0.1) is 0 Å². The van der Waals surface area contributed by atoms with Gasteiger partial charge in [-0.05, 0) is 23.3 Å². The molecule has 1 heterocycles. The third kappa shape index (κ3) is 2.56. The second kappa shape index (κ2) is 5.25. The lowest BCUT2D eigenvalue weighted by Gasteiger charge is -2.04. The smallest absolute Gasteiger partial charge is 0.308 e. The SMILES string of the molecule is O=C(O)Cc1coc2ccc(-c3ccccc3)cc2c1=O. The molecule has 0 saturated carbocycles. The maximum Gasteiger partial charge on any atom is 0.308 e. The Bertz CT molecular complexity index is 863. The molecule has 0 amide bonds. The quantitative estimate of drug-likeness (QED) is 0.800. The van der Waals surface area contributed by atoms with E-state index in [2.05, 4.69) is 0 Å². The monoisotopic (exact) mass is 280 g/mol.